The Morgan fingerprint density at radius 2 is 2.21 bits per heavy atom. The molecule has 1 aromatic carbocycles. The molecule has 0 saturated heterocycles. The minimum atomic E-state index is -1.00. The van der Waals surface area contributed by atoms with Crippen LogP contribution in [0, 0.1) is 5.92 Å². The summed E-state index contributed by atoms with van der Waals surface area (Å²) in [7, 11) is 0. The quantitative estimate of drug-likeness (QED) is 0.843. The standard InChI is InChI=1S/C14H20ClNO3/c1-10(9-17)8-16-13(18)14(2,3)19-12-6-4-5-11(15)7-12/h4-7,10,17H,8-9H2,1-3H3,(H,16,18). The van der Waals surface area contributed by atoms with Gasteiger partial charge in [0.25, 0.3) is 5.91 Å². The fraction of sp³-hybridized carbons (Fsp3) is 0.500. The molecule has 2 N–H and O–H groups in total. The van der Waals surface area contributed by atoms with Gasteiger partial charge in [0.2, 0.25) is 0 Å². The van der Waals surface area contributed by atoms with Crippen LogP contribution in [0.2, 0.25) is 5.02 Å². The van der Waals surface area contributed by atoms with Crippen LogP contribution >= 0.6 is 11.6 Å². The molecule has 0 aliphatic heterocycles. The smallest absolute Gasteiger partial charge is 0.263 e. The third-order valence-electron chi connectivity index (χ3n) is 2.64. The second kappa shape index (κ2) is 6.78. The summed E-state index contributed by atoms with van der Waals surface area (Å²) >= 11 is 5.87. The van der Waals surface area contributed by atoms with Crippen molar-refractivity contribution in [3.05, 3.63) is 29.3 Å². The summed E-state index contributed by atoms with van der Waals surface area (Å²) in [4.78, 5) is 12.0. The van der Waals surface area contributed by atoms with Crippen molar-refractivity contribution in [1.82, 2.24) is 5.32 Å². The van der Waals surface area contributed by atoms with E-state index in [2.05, 4.69) is 5.32 Å². The number of rotatable bonds is 6. The van der Waals surface area contributed by atoms with Crippen LogP contribution in [-0.2, 0) is 4.79 Å². The highest BCUT2D eigenvalue weighted by atomic mass is 35.5. The first-order valence-corrected chi connectivity index (χ1v) is 6.56. The third-order valence-corrected chi connectivity index (χ3v) is 2.87. The molecule has 106 valence electrons. The molecule has 19 heavy (non-hydrogen) atoms. The van der Waals surface area contributed by atoms with Gasteiger partial charge in [0, 0.05) is 18.2 Å². The Morgan fingerprint density at radius 1 is 1.53 bits per heavy atom. The zero-order valence-electron chi connectivity index (χ0n) is 11.4. The van der Waals surface area contributed by atoms with E-state index in [0.29, 0.717) is 17.3 Å². The number of hydrogen-bond acceptors (Lipinski definition) is 3. The van der Waals surface area contributed by atoms with Crippen molar-refractivity contribution in [3.63, 3.8) is 0 Å². The minimum absolute atomic E-state index is 0.0194. The molecule has 0 aromatic heterocycles. The van der Waals surface area contributed by atoms with Crippen molar-refractivity contribution in [1.29, 1.82) is 0 Å². The summed E-state index contributed by atoms with van der Waals surface area (Å²) in [5.41, 5.74) is -1.00. The molecular weight excluding hydrogens is 266 g/mol. The zero-order chi connectivity index (χ0) is 14.5. The van der Waals surface area contributed by atoms with Crippen LogP contribution in [0.15, 0.2) is 24.3 Å². The number of amides is 1. The van der Waals surface area contributed by atoms with E-state index in [1.807, 2.05) is 6.92 Å². The Morgan fingerprint density at radius 3 is 2.79 bits per heavy atom. The molecule has 0 bridgehead atoms. The predicted molar refractivity (Wildman–Crippen MR) is 75.4 cm³/mol. The highest BCUT2D eigenvalue weighted by Crippen LogP contribution is 2.22. The number of aliphatic hydroxyl groups excluding tert-OH is 1. The van der Waals surface area contributed by atoms with E-state index in [-0.39, 0.29) is 18.4 Å². The molecule has 0 heterocycles. The largest absolute Gasteiger partial charge is 0.478 e. The van der Waals surface area contributed by atoms with Gasteiger partial charge in [-0.15, -0.1) is 0 Å². The van der Waals surface area contributed by atoms with Crippen LogP contribution in [0.4, 0.5) is 0 Å². The van der Waals surface area contributed by atoms with E-state index < -0.39 is 5.60 Å². The molecule has 1 aromatic rings. The molecule has 1 rings (SSSR count). The average molecular weight is 286 g/mol. The van der Waals surface area contributed by atoms with Crippen molar-refractivity contribution >= 4 is 17.5 Å². The molecule has 0 fully saturated rings. The van der Waals surface area contributed by atoms with Gasteiger partial charge in [0.15, 0.2) is 5.60 Å². The lowest BCUT2D eigenvalue weighted by Gasteiger charge is -2.26. The summed E-state index contributed by atoms with van der Waals surface area (Å²) in [6.07, 6.45) is 0. The summed E-state index contributed by atoms with van der Waals surface area (Å²) in [6, 6.07) is 6.91. The van der Waals surface area contributed by atoms with Gasteiger partial charge in [-0.1, -0.05) is 24.6 Å². The number of benzene rings is 1. The fourth-order valence-electron chi connectivity index (χ4n) is 1.42. The third kappa shape index (κ3) is 5.09. The molecule has 1 unspecified atom stereocenters. The fourth-order valence-corrected chi connectivity index (χ4v) is 1.60. The number of aliphatic hydroxyl groups is 1. The molecule has 0 radical (unpaired) electrons. The van der Waals surface area contributed by atoms with Gasteiger partial charge >= 0.3 is 0 Å². The molecule has 1 amide bonds. The van der Waals surface area contributed by atoms with E-state index in [1.54, 1.807) is 38.1 Å². The number of carbonyl (C=O) groups excluding carboxylic acids is 1. The van der Waals surface area contributed by atoms with E-state index in [1.165, 1.54) is 0 Å². The van der Waals surface area contributed by atoms with E-state index >= 15 is 0 Å². The lowest BCUT2D eigenvalue weighted by atomic mass is 10.1. The van der Waals surface area contributed by atoms with E-state index in [0.717, 1.165) is 0 Å². The lowest BCUT2D eigenvalue weighted by molar-refractivity contribution is -0.134. The lowest BCUT2D eigenvalue weighted by Crippen LogP contribution is -2.47. The average Bonchev–Trinajstić information content (AvgIpc) is 2.34. The summed E-state index contributed by atoms with van der Waals surface area (Å²) < 4.78 is 5.65. The summed E-state index contributed by atoms with van der Waals surface area (Å²) in [5, 5.41) is 12.2. The zero-order valence-corrected chi connectivity index (χ0v) is 12.2. The Balaban J connectivity index is 2.62. The van der Waals surface area contributed by atoms with Crippen molar-refractivity contribution in [2.75, 3.05) is 13.2 Å². The maximum absolute atomic E-state index is 12.0. The van der Waals surface area contributed by atoms with Gasteiger partial charge in [0.05, 0.1) is 0 Å². The Kier molecular flexibility index (Phi) is 5.63. The first-order valence-electron chi connectivity index (χ1n) is 6.19. The van der Waals surface area contributed by atoms with Crippen molar-refractivity contribution in [3.8, 4) is 5.75 Å². The van der Waals surface area contributed by atoms with Gasteiger partial charge in [0.1, 0.15) is 5.75 Å². The van der Waals surface area contributed by atoms with Crippen LogP contribution in [-0.4, -0.2) is 29.8 Å². The molecule has 0 spiro atoms. The Bertz CT molecular complexity index is 434. The minimum Gasteiger partial charge on any atom is -0.478 e. The van der Waals surface area contributed by atoms with Crippen LogP contribution in [0.3, 0.4) is 0 Å². The monoisotopic (exact) mass is 285 g/mol. The van der Waals surface area contributed by atoms with Gasteiger partial charge in [-0.05, 0) is 38.0 Å². The summed E-state index contributed by atoms with van der Waals surface area (Å²) in [6.45, 7) is 5.68. The Hall–Kier alpha value is -1.26. The number of ether oxygens (including phenoxy) is 1. The number of carbonyl (C=O) groups is 1. The van der Waals surface area contributed by atoms with Gasteiger partial charge < -0.3 is 15.2 Å². The van der Waals surface area contributed by atoms with E-state index in [4.69, 9.17) is 21.4 Å². The second-order valence-corrected chi connectivity index (χ2v) is 5.50. The molecule has 0 aliphatic carbocycles. The highest BCUT2D eigenvalue weighted by molar-refractivity contribution is 6.30. The van der Waals surface area contributed by atoms with Gasteiger partial charge in [-0.3, -0.25) is 4.79 Å². The maximum Gasteiger partial charge on any atom is 0.263 e. The van der Waals surface area contributed by atoms with Crippen molar-refractivity contribution in [2.45, 2.75) is 26.4 Å². The molecule has 4 nitrogen and oxygen atoms in total. The van der Waals surface area contributed by atoms with Crippen LogP contribution in [0.5, 0.6) is 5.75 Å². The molecule has 1 atom stereocenters. The van der Waals surface area contributed by atoms with Crippen LogP contribution in [0.1, 0.15) is 20.8 Å². The number of nitrogens with one attached hydrogen (secondary N) is 1. The SMILES string of the molecule is CC(CO)CNC(=O)C(C)(C)Oc1cccc(Cl)c1. The molecule has 0 aliphatic rings. The predicted octanol–water partition coefficient (Wildman–Crippen LogP) is 2.24. The molecule has 5 heteroatoms. The van der Waals surface area contributed by atoms with Crippen LogP contribution < -0.4 is 10.1 Å². The summed E-state index contributed by atoms with van der Waals surface area (Å²) in [5.74, 6) is 0.335. The number of halogens is 1. The number of hydrogen-bond donors (Lipinski definition) is 2. The normalized spacial score (nSPS) is 12.9. The second-order valence-electron chi connectivity index (χ2n) is 5.07. The first-order chi connectivity index (χ1) is 8.85. The van der Waals surface area contributed by atoms with Crippen molar-refractivity contribution < 1.29 is 14.6 Å². The topological polar surface area (TPSA) is 58.6 Å². The van der Waals surface area contributed by atoms with Crippen molar-refractivity contribution in [2.24, 2.45) is 5.92 Å². The van der Waals surface area contributed by atoms with Gasteiger partial charge in [-0.25, -0.2) is 0 Å². The Labute approximate surface area is 118 Å². The molecule has 0 saturated carbocycles. The van der Waals surface area contributed by atoms with E-state index in [9.17, 15) is 4.79 Å². The maximum atomic E-state index is 12.0. The van der Waals surface area contributed by atoms with Gasteiger partial charge in [-0.2, -0.15) is 0 Å². The molecular formula is C14H20ClNO3. The van der Waals surface area contributed by atoms with Crippen LogP contribution in [0.25, 0.3) is 0 Å². The first kappa shape index (κ1) is 15.8. The highest BCUT2D eigenvalue weighted by Gasteiger charge is 2.29.